The number of aromatic amines is 1. The van der Waals surface area contributed by atoms with Gasteiger partial charge in [-0.15, -0.1) is 0 Å². The van der Waals surface area contributed by atoms with Gasteiger partial charge < -0.3 is 33.7 Å². The fraction of sp³-hybridized carbons (Fsp3) is 0.296. The van der Waals surface area contributed by atoms with Crippen LogP contribution in [0.2, 0.25) is 0 Å². The molecular formula is C27H28N4O6. The lowest BCUT2D eigenvalue weighted by atomic mass is 9.95. The summed E-state index contributed by atoms with van der Waals surface area (Å²) in [5, 5.41) is 14.7. The van der Waals surface area contributed by atoms with E-state index in [1.54, 1.807) is 20.2 Å². The molecule has 0 aliphatic carbocycles. The summed E-state index contributed by atoms with van der Waals surface area (Å²) in [5.74, 6) is 1.67. The second-order valence-electron chi connectivity index (χ2n) is 8.93. The molecule has 0 atom stereocenters. The maximum absolute atomic E-state index is 11.8. The maximum Gasteiger partial charge on any atom is 0.339 e. The van der Waals surface area contributed by atoms with E-state index >= 15 is 0 Å². The third kappa shape index (κ3) is 3.85. The monoisotopic (exact) mass is 504 g/mol. The summed E-state index contributed by atoms with van der Waals surface area (Å²) in [5.41, 5.74) is 5.52. The number of fused-ring (bicyclic) bond motifs is 2. The number of benzene rings is 2. The predicted octanol–water partition coefficient (Wildman–Crippen LogP) is 4.45. The minimum Gasteiger partial charge on any atom is -0.496 e. The minimum absolute atomic E-state index is 0.0476. The Labute approximate surface area is 213 Å². The molecule has 10 nitrogen and oxygen atoms in total. The van der Waals surface area contributed by atoms with E-state index in [-0.39, 0.29) is 17.9 Å². The number of aromatic carboxylic acids is 1. The highest BCUT2D eigenvalue weighted by atomic mass is 16.6. The van der Waals surface area contributed by atoms with Crippen molar-refractivity contribution in [3.63, 3.8) is 0 Å². The van der Waals surface area contributed by atoms with E-state index in [4.69, 9.17) is 18.7 Å². The number of H-pyrrole nitrogens is 1. The smallest absolute Gasteiger partial charge is 0.339 e. The van der Waals surface area contributed by atoms with Crippen LogP contribution in [0.5, 0.6) is 17.2 Å². The molecule has 0 radical (unpaired) electrons. The van der Waals surface area contributed by atoms with Crippen LogP contribution in [0, 0.1) is 13.8 Å². The number of aryl methyl sites for hydroxylation is 2. The van der Waals surface area contributed by atoms with Gasteiger partial charge in [-0.2, -0.15) is 0 Å². The number of nitrogens with zero attached hydrogens (tertiary/aromatic N) is 3. The molecule has 3 heterocycles. The zero-order chi connectivity index (χ0) is 26.4. The number of carboxylic acids is 1. The van der Waals surface area contributed by atoms with Crippen molar-refractivity contribution in [2.75, 3.05) is 46.4 Å². The van der Waals surface area contributed by atoms with E-state index in [1.807, 2.05) is 45.0 Å². The Morgan fingerprint density at radius 3 is 2.38 bits per heavy atom. The summed E-state index contributed by atoms with van der Waals surface area (Å²) in [4.78, 5) is 22.0. The number of aromatic nitrogens is 2. The predicted molar refractivity (Wildman–Crippen MR) is 140 cm³/mol. The summed E-state index contributed by atoms with van der Waals surface area (Å²) in [6.45, 7) is 4.35. The molecule has 192 valence electrons. The van der Waals surface area contributed by atoms with Gasteiger partial charge in [-0.1, -0.05) is 5.16 Å². The van der Waals surface area contributed by atoms with Gasteiger partial charge in [-0.3, -0.25) is 4.99 Å². The zero-order valence-corrected chi connectivity index (χ0v) is 21.6. The Kier molecular flexibility index (Phi) is 6.02. The molecule has 0 fully saturated rings. The van der Waals surface area contributed by atoms with Gasteiger partial charge in [0.1, 0.15) is 36.1 Å². The SMILES string of the molecule is CN=C(c1ccc(C(=O)O)c2c1OCCO2)c1c(N(C)C)[nH]c2cc(-c3c(C)noc3C)c(OC)cc12. The molecule has 0 amide bonds. The minimum atomic E-state index is -1.08. The largest absolute Gasteiger partial charge is 0.496 e. The van der Waals surface area contributed by atoms with Crippen molar-refractivity contribution in [3.8, 4) is 28.4 Å². The van der Waals surface area contributed by atoms with Gasteiger partial charge in [0.15, 0.2) is 11.5 Å². The summed E-state index contributed by atoms with van der Waals surface area (Å²) in [6, 6.07) is 7.23. The van der Waals surface area contributed by atoms with Crippen molar-refractivity contribution in [1.29, 1.82) is 0 Å². The number of methoxy groups -OCH3 is 1. The highest BCUT2D eigenvalue weighted by Gasteiger charge is 2.29. The van der Waals surface area contributed by atoms with Gasteiger partial charge in [-0.05, 0) is 38.1 Å². The van der Waals surface area contributed by atoms with Crippen LogP contribution in [-0.4, -0.2) is 68.4 Å². The fourth-order valence-electron chi connectivity index (χ4n) is 4.87. The zero-order valence-electron chi connectivity index (χ0n) is 21.6. The summed E-state index contributed by atoms with van der Waals surface area (Å²) in [6.07, 6.45) is 0. The van der Waals surface area contributed by atoms with E-state index in [9.17, 15) is 9.90 Å². The van der Waals surface area contributed by atoms with Crippen molar-refractivity contribution >= 4 is 28.4 Å². The number of carbonyl (C=O) groups is 1. The number of ether oxygens (including phenoxy) is 3. The van der Waals surface area contributed by atoms with Crippen molar-refractivity contribution in [2.24, 2.45) is 4.99 Å². The van der Waals surface area contributed by atoms with Gasteiger partial charge >= 0.3 is 5.97 Å². The maximum atomic E-state index is 11.8. The molecule has 0 saturated heterocycles. The van der Waals surface area contributed by atoms with Crippen LogP contribution >= 0.6 is 0 Å². The van der Waals surface area contributed by atoms with E-state index < -0.39 is 5.97 Å². The second-order valence-corrected chi connectivity index (χ2v) is 8.93. The molecule has 5 rings (SSSR count). The lowest BCUT2D eigenvalue weighted by molar-refractivity contribution is 0.0686. The molecule has 0 spiro atoms. The molecule has 10 heteroatoms. The average Bonchev–Trinajstić information content (AvgIpc) is 3.42. The first kappa shape index (κ1) is 24.2. The molecule has 1 aliphatic rings. The molecular weight excluding hydrogens is 476 g/mol. The van der Waals surface area contributed by atoms with Crippen LogP contribution in [-0.2, 0) is 0 Å². The van der Waals surface area contributed by atoms with Gasteiger partial charge in [-0.25, -0.2) is 4.79 Å². The molecule has 1 aliphatic heterocycles. The highest BCUT2D eigenvalue weighted by Crippen LogP contribution is 2.43. The van der Waals surface area contributed by atoms with E-state index in [1.165, 1.54) is 6.07 Å². The van der Waals surface area contributed by atoms with Crippen LogP contribution in [0.3, 0.4) is 0 Å². The normalized spacial score (nSPS) is 13.2. The lowest BCUT2D eigenvalue weighted by Crippen LogP contribution is -2.21. The van der Waals surface area contributed by atoms with E-state index in [2.05, 4.69) is 15.1 Å². The Balaban J connectivity index is 1.78. The molecule has 2 aromatic heterocycles. The lowest BCUT2D eigenvalue weighted by Gasteiger charge is -2.24. The standard InChI is InChI=1S/C27H28N4O6/c1-13-21(14(2)37-30-13)18-11-19-17(12-20(18)34-6)22(26(29-19)31(4)5)23(28-3)15-7-8-16(27(32)33)25-24(15)35-9-10-36-25/h7-8,11-12,29H,9-10H2,1-6H3,(H,32,33). The van der Waals surface area contributed by atoms with Crippen LogP contribution in [0.15, 0.2) is 33.8 Å². The Morgan fingerprint density at radius 2 is 1.81 bits per heavy atom. The molecule has 37 heavy (non-hydrogen) atoms. The first-order valence-electron chi connectivity index (χ1n) is 11.7. The summed E-state index contributed by atoms with van der Waals surface area (Å²) in [7, 11) is 7.21. The third-order valence-electron chi connectivity index (χ3n) is 6.48. The third-order valence-corrected chi connectivity index (χ3v) is 6.48. The van der Waals surface area contributed by atoms with Crippen LogP contribution in [0.1, 0.15) is 32.9 Å². The Bertz CT molecular complexity index is 1540. The number of rotatable bonds is 6. The average molecular weight is 505 g/mol. The summed E-state index contributed by atoms with van der Waals surface area (Å²) >= 11 is 0. The second kappa shape index (κ2) is 9.20. The number of hydrogen-bond donors (Lipinski definition) is 2. The molecule has 2 N–H and O–H groups in total. The van der Waals surface area contributed by atoms with Gasteiger partial charge in [0.2, 0.25) is 0 Å². The number of nitrogens with one attached hydrogen (secondary N) is 1. The van der Waals surface area contributed by atoms with Gasteiger partial charge in [0, 0.05) is 43.2 Å². The Morgan fingerprint density at radius 1 is 1.14 bits per heavy atom. The first-order valence-corrected chi connectivity index (χ1v) is 11.7. The van der Waals surface area contributed by atoms with Crippen LogP contribution in [0.25, 0.3) is 22.0 Å². The van der Waals surface area contributed by atoms with Crippen molar-refractivity contribution in [1.82, 2.24) is 10.1 Å². The Hall–Kier alpha value is -4.47. The van der Waals surface area contributed by atoms with Crippen molar-refractivity contribution in [3.05, 3.63) is 52.4 Å². The quantitative estimate of drug-likeness (QED) is 0.369. The molecule has 0 unspecified atom stereocenters. The summed E-state index contributed by atoms with van der Waals surface area (Å²) < 4.78 is 22.9. The van der Waals surface area contributed by atoms with Crippen molar-refractivity contribution in [2.45, 2.75) is 13.8 Å². The van der Waals surface area contributed by atoms with Gasteiger partial charge in [0.25, 0.3) is 0 Å². The first-order chi connectivity index (χ1) is 17.8. The number of hydrogen-bond acceptors (Lipinski definition) is 8. The highest BCUT2D eigenvalue weighted by molar-refractivity contribution is 6.24. The van der Waals surface area contributed by atoms with E-state index in [0.717, 1.165) is 39.1 Å². The van der Waals surface area contributed by atoms with Crippen LogP contribution < -0.4 is 19.1 Å². The molecule has 0 saturated carbocycles. The van der Waals surface area contributed by atoms with Crippen molar-refractivity contribution < 1.29 is 28.6 Å². The molecule has 2 aromatic carbocycles. The molecule has 0 bridgehead atoms. The fourth-order valence-corrected chi connectivity index (χ4v) is 4.87. The number of anilines is 1. The van der Waals surface area contributed by atoms with E-state index in [0.29, 0.717) is 35.1 Å². The topological polar surface area (TPSA) is 122 Å². The van der Waals surface area contributed by atoms with Gasteiger partial charge in [0.05, 0.1) is 29.6 Å². The van der Waals surface area contributed by atoms with Crippen LogP contribution in [0.4, 0.5) is 5.82 Å². The number of carboxylic acid groups (broad SMARTS) is 1. The molecule has 4 aromatic rings. The number of aliphatic imine (C=N–C) groups is 1.